The fourth-order valence-electron chi connectivity index (χ4n) is 1.32. The Balaban J connectivity index is 2.51. The fraction of sp³-hybridized carbons (Fsp3) is 0. The highest BCUT2D eigenvalue weighted by molar-refractivity contribution is 9.12. The zero-order valence-corrected chi connectivity index (χ0v) is 12.9. The van der Waals surface area contributed by atoms with Gasteiger partial charge in [-0.3, -0.25) is 4.79 Å². The van der Waals surface area contributed by atoms with Crippen LogP contribution in [0.1, 0.15) is 15.9 Å². The van der Waals surface area contributed by atoms with Crippen LogP contribution in [0.25, 0.3) is 0 Å². The number of rotatable bonds is 2. The van der Waals surface area contributed by atoms with Crippen LogP contribution >= 0.6 is 54.8 Å². The molecule has 2 rings (SSSR count). The molecule has 0 aliphatic heterocycles. The highest BCUT2D eigenvalue weighted by Gasteiger charge is 2.20. The lowest BCUT2D eigenvalue weighted by molar-refractivity contribution is 0.103. The van der Waals surface area contributed by atoms with Crippen LogP contribution in [0.2, 0.25) is 5.02 Å². The van der Waals surface area contributed by atoms with Crippen molar-refractivity contribution in [3.8, 4) is 0 Å². The second kappa shape index (κ2) is 5.18. The highest BCUT2D eigenvalue weighted by atomic mass is 79.9. The van der Waals surface area contributed by atoms with E-state index < -0.39 is 5.82 Å². The van der Waals surface area contributed by atoms with Crippen molar-refractivity contribution < 1.29 is 9.18 Å². The van der Waals surface area contributed by atoms with Crippen LogP contribution in [0.5, 0.6) is 0 Å². The van der Waals surface area contributed by atoms with E-state index in [1.807, 2.05) is 0 Å². The molecular formula is C11H4Br2ClFOS. The number of benzene rings is 1. The molecule has 0 aliphatic rings. The summed E-state index contributed by atoms with van der Waals surface area (Å²) >= 11 is 13.5. The number of hydrogen-bond donors (Lipinski definition) is 0. The molecule has 0 saturated heterocycles. The van der Waals surface area contributed by atoms with Gasteiger partial charge < -0.3 is 0 Å². The van der Waals surface area contributed by atoms with Crippen molar-refractivity contribution in [2.24, 2.45) is 0 Å². The van der Waals surface area contributed by atoms with E-state index in [0.29, 0.717) is 9.35 Å². The van der Waals surface area contributed by atoms with E-state index in [-0.39, 0.29) is 16.4 Å². The molecule has 6 heteroatoms. The average Bonchev–Trinajstić information content (AvgIpc) is 2.61. The molecule has 0 bridgehead atoms. The van der Waals surface area contributed by atoms with Gasteiger partial charge in [-0.2, -0.15) is 0 Å². The Hall–Kier alpha value is -0.230. The molecule has 0 saturated carbocycles. The second-order valence-electron chi connectivity index (χ2n) is 3.17. The van der Waals surface area contributed by atoms with Crippen molar-refractivity contribution in [3.05, 3.63) is 53.8 Å². The third kappa shape index (κ3) is 2.62. The number of carbonyl (C=O) groups is 1. The van der Waals surface area contributed by atoms with E-state index in [9.17, 15) is 9.18 Å². The molecule has 0 aliphatic carbocycles. The molecule has 0 amide bonds. The molecule has 17 heavy (non-hydrogen) atoms. The average molecular weight is 398 g/mol. The second-order valence-corrected chi connectivity index (χ2v) is 7.32. The van der Waals surface area contributed by atoms with Crippen LogP contribution in [0.4, 0.5) is 4.39 Å². The maximum absolute atomic E-state index is 13.7. The summed E-state index contributed by atoms with van der Waals surface area (Å²) in [4.78, 5) is 12.1. The third-order valence-corrected chi connectivity index (χ3v) is 4.73. The van der Waals surface area contributed by atoms with Gasteiger partial charge in [0.15, 0.2) is 11.6 Å². The molecule has 1 aromatic carbocycles. The van der Waals surface area contributed by atoms with E-state index in [2.05, 4.69) is 31.9 Å². The topological polar surface area (TPSA) is 17.1 Å². The van der Waals surface area contributed by atoms with Crippen molar-refractivity contribution in [2.75, 3.05) is 0 Å². The molecule has 1 aromatic heterocycles. The number of thiophene rings is 1. The lowest BCUT2D eigenvalue weighted by atomic mass is 10.1. The SMILES string of the molecule is O=C(c1cc(Br)sc1Br)c1cccc(Cl)c1F. The van der Waals surface area contributed by atoms with Crippen LogP contribution in [0, 0.1) is 5.82 Å². The first kappa shape index (κ1) is 13.2. The first-order valence-corrected chi connectivity index (χ1v) is 7.22. The summed E-state index contributed by atoms with van der Waals surface area (Å²) < 4.78 is 15.2. The van der Waals surface area contributed by atoms with Crippen LogP contribution in [-0.4, -0.2) is 5.78 Å². The predicted molar refractivity (Wildman–Crippen MR) is 74.6 cm³/mol. The van der Waals surface area contributed by atoms with Crippen molar-refractivity contribution in [1.82, 2.24) is 0 Å². The monoisotopic (exact) mass is 396 g/mol. The summed E-state index contributed by atoms with van der Waals surface area (Å²) in [6.45, 7) is 0. The number of ketones is 1. The minimum atomic E-state index is -0.687. The Morgan fingerprint density at radius 2 is 2.00 bits per heavy atom. The van der Waals surface area contributed by atoms with Gasteiger partial charge in [-0.1, -0.05) is 17.7 Å². The zero-order chi connectivity index (χ0) is 12.6. The number of carbonyl (C=O) groups excluding carboxylic acids is 1. The van der Waals surface area contributed by atoms with Gasteiger partial charge in [-0.25, -0.2) is 4.39 Å². The molecule has 2 aromatic rings. The van der Waals surface area contributed by atoms with Gasteiger partial charge in [-0.05, 0) is 50.1 Å². The zero-order valence-electron chi connectivity index (χ0n) is 8.14. The predicted octanol–water partition coefficient (Wildman–Crippen LogP) is 5.30. The van der Waals surface area contributed by atoms with Crippen molar-refractivity contribution in [2.45, 2.75) is 0 Å². The molecule has 0 radical (unpaired) electrons. The Kier molecular flexibility index (Phi) is 4.02. The van der Waals surface area contributed by atoms with Gasteiger partial charge in [0.1, 0.15) is 0 Å². The molecule has 0 fully saturated rings. The maximum atomic E-state index is 13.7. The minimum absolute atomic E-state index is 0.0245. The van der Waals surface area contributed by atoms with Gasteiger partial charge in [0.25, 0.3) is 0 Å². The van der Waals surface area contributed by atoms with Gasteiger partial charge in [0.2, 0.25) is 0 Å². The van der Waals surface area contributed by atoms with Crippen molar-refractivity contribution >= 4 is 60.6 Å². The molecule has 1 nitrogen and oxygen atoms in total. The molecule has 88 valence electrons. The van der Waals surface area contributed by atoms with Crippen molar-refractivity contribution in [1.29, 1.82) is 0 Å². The lowest BCUT2D eigenvalue weighted by Gasteiger charge is -2.02. The van der Waals surface area contributed by atoms with Gasteiger partial charge >= 0.3 is 0 Å². The smallest absolute Gasteiger partial charge is 0.198 e. The first-order valence-electron chi connectivity index (χ1n) is 4.44. The van der Waals surface area contributed by atoms with Gasteiger partial charge in [0.05, 0.1) is 18.2 Å². The van der Waals surface area contributed by atoms with Gasteiger partial charge in [-0.15, -0.1) is 11.3 Å². The summed E-state index contributed by atoms with van der Waals surface area (Å²) in [5, 5.41) is -0.0544. The molecule has 0 spiro atoms. The van der Waals surface area contributed by atoms with E-state index >= 15 is 0 Å². The molecule has 0 atom stereocenters. The van der Waals surface area contributed by atoms with E-state index in [1.165, 1.54) is 23.5 Å². The standard InChI is InChI=1S/C11H4Br2ClFOS/c12-8-4-6(11(13)17-8)10(16)5-2-1-3-7(14)9(5)15/h1-4H. The van der Waals surface area contributed by atoms with Crippen LogP contribution in [0.15, 0.2) is 31.8 Å². The van der Waals surface area contributed by atoms with Crippen LogP contribution in [-0.2, 0) is 0 Å². The molecule has 0 unspecified atom stereocenters. The lowest BCUT2D eigenvalue weighted by Crippen LogP contribution is -2.03. The van der Waals surface area contributed by atoms with Crippen LogP contribution < -0.4 is 0 Å². The maximum Gasteiger partial charge on any atom is 0.198 e. The summed E-state index contributed by atoms with van der Waals surface area (Å²) in [7, 11) is 0. The third-order valence-electron chi connectivity index (χ3n) is 2.10. The van der Waals surface area contributed by atoms with E-state index in [0.717, 1.165) is 3.79 Å². The molecule has 0 N–H and O–H groups in total. The summed E-state index contributed by atoms with van der Waals surface area (Å²) in [5.41, 5.74) is 0.395. The Labute approximate surface area is 123 Å². The van der Waals surface area contributed by atoms with E-state index in [4.69, 9.17) is 11.6 Å². The fourth-order valence-corrected chi connectivity index (χ4v) is 4.29. The minimum Gasteiger partial charge on any atom is -0.288 e. The highest BCUT2D eigenvalue weighted by Crippen LogP contribution is 2.34. The van der Waals surface area contributed by atoms with Crippen LogP contribution in [0.3, 0.4) is 0 Å². The van der Waals surface area contributed by atoms with E-state index in [1.54, 1.807) is 12.1 Å². The van der Waals surface area contributed by atoms with Crippen molar-refractivity contribution in [3.63, 3.8) is 0 Å². The Bertz CT molecular complexity index is 597. The summed E-state index contributed by atoms with van der Waals surface area (Å²) in [5.74, 6) is -1.08. The Morgan fingerprint density at radius 1 is 1.29 bits per heavy atom. The first-order chi connectivity index (χ1) is 8.00. The summed E-state index contributed by atoms with van der Waals surface area (Å²) in [6, 6.07) is 6.03. The number of hydrogen-bond acceptors (Lipinski definition) is 2. The quantitative estimate of drug-likeness (QED) is 0.628. The molecule has 1 heterocycles. The molecular weight excluding hydrogens is 394 g/mol. The summed E-state index contributed by atoms with van der Waals surface area (Å²) in [6.07, 6.45) is 0. The largest absolute Gasteiger partial charge is 0.288 e. The Morgan fingerprint density at radius 3 is 2.59 bits per heavy atom. The number of halogens is 4. The van der Waals surface area contributed by atoms with Gasteiger partial charge in [0, 0.05) is 5.56 Å². The normalized spacial score (nSPS) is 10.6.